The first-order valence-corrected chi connectivity index (χ1v) is 24.3. The van der Waals surface area contributed by atoms with Crippen molar-refractivity contribution in [1.82, 2.24) is 9.97 Å². The number of hydrogen-bond acceptors (Lipinski definition) is 3. The van der Waals surface area contributed by atoms with E-state index in [9.17, 15) is 0 Å². The minimum Gasteiger partial charge on any atom is -0.305 e. The van der Waals surface area contributed by atoms with Crippen molar-refractivity contribution >= 4 is 44.8 Å². The van der Waals surface area contributed by atoms with Crippen molar-refractivity contribution in [2.24, 2.45) is 5.92 Å². The molecule has 3 heterocycles. The van der Waals surface area contributed by atoms with Gasteiger partial charge in [0, 0.05) is 41.3 Å². The summed E-state index contributed by atoms with van der Waals surface area (Å²) in [5.74, 6) is 1.04. The van der Waals surface area contributed by atoms with E-state index in [-0.39, 0.29) is 20.1 Å². The third-order valence-corrected chi connectivity index (χ3v) is 13.8. The second-order valence-electron chi connectivity index (χ2n) is 16.9. The topological polar surface area (TPSA) is 25.8 Å². The first-order valence-electron chi connectivity index (χ1n) is 21.5. The molecule has 0 bridgehead atoms. The summed E-state index contributed by atoms with van der Waals surface area (Å²) in [6.45, 7) is 18.1. The maximum absolute atomic E-state index is 7.95. The SMILES string of the molecule is Cc1cccc(C)c1-c1ccc2c(c1)sc1[c-]c(-c3cc(C(C)C)ccn3)ccc12.[2H]C([2H])([2H])c1c[c-]c(-c2cc(CC(C)C)c([Si](C)(C)C)cn2)cc1-c1ccccc1.[Ir]. The zero-order chi connectivity index (χ0) is 42.9. The average Bonchev–Trinajstić information content (AvgIpc) is 3.57. The van der Waals surface area contributed by atoms with Crippen LogP contribution >= 0.6 is 11.3 Å². The van der Waals surface area contributed by atoms with Crippen molar-refractivity contribution in [2.75, 3.05) is 0 Å². The number of hydrogen-bond donors (Lipinski definition) is 0. The monoisotopic (exact) mass is 974 g/mol. The van der Waals surface area contributed by atoms with Crippen molar-refractivity contribution in [1.29, 1.82) is 0 Å². The molecule has 5 aromatic carbocycles. The number of nitrogens with zero attached hydrogens (tertiary/aromatic N) is 2. The van der Waals surface area contributed by atoms with Gasteiger partial charge in [-0.05, 0) is 98.7 Å². The Morgan fingerprint density at radius 1 is 0.724 bits per heavy atom. The molecule has 0 aliphatic rings. The number of benzene rings is 5. The quantitative estimate of drug-likeness (QED) is 0.112. The van der Waals surface area contributed by atoms with Crippen LogP contribution in [0.15, 0.2) is 122 Å². The van der Waals surface area contributed by atoms with E-state index in [2.05, 4.69) is 145 Å². The Labute approximate surface area is 369 Å². The molecule has 0 aliphatic heterocycles. The summed E-state index contributed by atoms with van der Waals surface area (Å²) in [5, 5.41) is 3.96. The Hall–Kier alpha value is -4.51. The summed E-state index contributed by atoms with van der Waals surface area (Å²) in [7, 11) is -1.51. The molecule has 58 heavy (non-hydrogen) atoms. The number of thiophene rings is 1. The molecule has 0 aliphatic carbocycles. The summed E-state index contributed by atoms with van der Waals surface area (Å²) in [6, 6.07) is 44.3. The molecule has 0 unspecified atom stereocenters. The third-order valence-electron chi connectivity index (χ3n) is 10.6. The average molecular weight is 974 g/mol. The first-order chi connectivity index (χ1) is 28.5. The molecular weight excluding hydrogens is 917 g/mol. The zero-order valence-corrected chi connectivity index (χ0v) is 39.3. The number of pyridine rings is 2. The maximum atomic E-state index is 7.95. The van der Waals surface area contributed by atoms with Gasteiger partial charge in [-0.2, -0.15) is 11.3 Å². The summed E-state index contributed by atoms with van der Waals surface area (Å²) in [5.41, 5.74) is 13.6. The zero-order valence-electron chi connectivity index (χ0n) is 38.0. The molecule has 297 valence electrons. The minimum atomic E-state index is -2.20. The van der Waals surface area contributed by atoms with E-state index >= 15 is 0 Å². The summed E-state index contributed by atoms with van der Waals surface area (Å²) >= 11 is 1.82. The van der Waals surface area contributed by atoms with E-state index in [0.29, 0.717) is 23.0 Å². The standard InChI is InChI=1S/C28H24NS.C25H30NSi.Ir/c1-17(2)20-12-13-29-25(14-20)21-8-10-23-24-11-9-22(16-27(24)30-26(23)15-21)28-18(3)6-5-7-19(28)4;1-18(2)14-22-16-24(26-17-25(22)27(4,5)6)21-13-12-19(3)23(15-21)20-10-8-7-9-11-20;/h5-14,16-17H,1-4H3;7-12,15-18H,14H2,1-6H3;/q2*-1;/i;3D3;. The second-order valence-corrected chi connectivity index (χ2v) is 23.0. The first kappa shape index (κ1) is 39.0. The van der Waals surface area contributed by atoms with Gasteiger partial charge in [-0.1, -0.05) is 149 Å². The Kier molecular flexibility index (Phi) is 12.2. The summed E-state index contributed by atoms with van der Waals surface area (Å²) < 4.78 is 26.3. The third kappa shape index (κ3) is 9.51. The molecule has 8 aromatic rings. The molecule has 0 atom stereocenters. The van der Waals surface area contributed by atoms with Crippen LogP contribution in [-0.2, 0) is 26.5 Å². The van der Waals surface area contributed by atoms with Gasteiger partial charge in [-0.3, -0.25) is 0 Å². The normalized spacial score (nSPS) is 12.5. The maximum Gasteiger partial charge on any atom is 0.0798 e. The molecule has 0 N–H and O–H groups in total. The number of rotatable bonds is 8. The molecule has 1 radical (unpaired) electrons. The van der Waals surface area contributed by atoms with Gasteiger partial charge in [0.15, 0.2) is 0 Å². The molecule has 0 saturated carbocycles. The van der Waals surface area contributed by atoms with Crippen molar-refractivity contribution < 1.29 is 24.2 Å². The van der Waals surface area contributed by atoms with E-state index in [4.69, 9.17) is 9.10 Å². The fourth-order valence-electron chi connectivity index (χ4n) is 7.66. The minimum absolute atomic E-state index is 0. The van der Waals surface area contributed by atoms with Crippen LogP contribution in [0.5, 0.6) is 0 Å². The van der Waals surface area contributed by atoms with Gasteiger partial charge in [0.25, 0.3) is 0 Å². The molecule has 0 fully saturated rings. The van der Waals surface area contributed by atoms with Gasteiger partial charge >= 0.3 is 0 Å². The van der Waals surface area contributed by atoms with Crippen LogP contribution in [0.3, 0.4) is 0 Å². The molecule has 5 heteroatoms. The Bertz CT molecular complexity index is 2780. The predicted molar refractivity (Wildman–Crippen MR) is 251 cm³/mol. The smallest absolute Gasteiger partial charge is 0.0798 e. The molecule has 8 rings (SSSR count). The summed E-state index contributed by atoms with van der Waals surface area (Å²) in [4.78, 5) is 9.37. The largest absolute Gasteiger partial charge is 0.305 e. The van der Waals surface area contributed by atoms with E-state index in [1.165, 1.54) is 58.7 Å². The molecular formula is C53H54IrN2SSi-2. The van der Waals surface area contributed by atoms with Gasteiger partial charge in [-0.25, -0.2) is 0 Å². The van der Waals surface area contributed by atoms with Gasteiger partial charge in [-0.15, -0.1) is 53.1 Å². The van der Waals surface area contributed by atoms with Gasteiger partial charge < -0.3 is 9.97 Å². The van der Waals surface area contributed by atoms with E-state index < -0.39 is 14.9 Å². The molecule has 0 saturated heterocycles. The van der Waals surface area contributed by atoms with Crippen LogP contribution in [0.4, 0.5) is 0 Å². The van der Waals surface area contributed by atoms with Crippen molar-refractivity contribution in [2.45, 2.75) is 80.4 Å². The summed E-state index contributed by atoms with van der Waals surface area (Å²) in [6.07, 6.45) is 4.95. The molecule has 3 aromatic heterocycles. The molecule has 0 spiro atoms. The second kappa shape index (κ2) is 18.2. The van der Waals surface area contributed by atoms with E-state index in [0.717, 1.165) is 34.5 Å². The Morgan fingerprint density at radius 2 is 1.45 bits per heavy atom. The van der Waals surface area contributed by atoms with E-state index in [1.54, 1.807) is 6.07 Å². The van der Waals surface area contributed by atoms with Crippen molar-refractivity contribution in [3.05, 3.63) is 162 Å². The van der Waals surface area contributed by atoms with Gasteiger partial charge in [0.2, 0.25) is 0 Å². The van der Waals surface area contributed by atoms with Gasteiger partial charge in [0.05, 0.1) is 8.07 Å². The van der Waals surface area contributed by atoms with Crippen molar-refractivity contribution in [3.8, 4) is 44.8 Å². The predicted octanol–water partition coefficient (Wildman–Crippen LogP) is 14.6. The van der Waals surface area contributed by atoms with Crippen LogP contribution in [0.2, 0.25) is 19.6 Å². The Morgan fingerprint density at radius 3 is 2.14 bits per heavy atom. The molecule has 0 amide bonds. The van der Waals surface area contributed by atoms with Crippen LogP contribution in [0.1, 0.15) is 65.5 Å². The molecule has 2 nitrogen and oxygen atoms in total. The van der Waals surface area contributed by atoms with E-state index in [1.807, 2.05) is 60.1 Å². The van der Waals surface area contributed by atoms with Crippen LogP contribution in [0.25, 0.3) is 64.9 Å². The fourth-order valence-corrected chi connectivity index (χ4v) is 10.4. The van der Waals surface area contributed by atoms with Crippen molar-refractivity contribution in [3.63, 3.8) is 0 Å². The van der Waals surface area contributed by atoms with Crippen LogP contribution < -0.4 is 5.19 Å². The Balaban J connectivity index is 0.000000201. The number of aryl methyl sites for hydroxylation is 3. The van der Waals surface area contributed by atoms with Gasteiger partial charge in [0.1, 0.15) is 0 Å². The number of fused-ring (bicyclic) bond motifs is 3. The van der Waals surface area contributed by atoms with Crippen LogP contribution in [0, 0.1) is 38.8 Å². The van der Waals surface area contributed by atoms with Crippen LogP contribution in [-0.4, -0.2) is 18.0 Å². The number of aromatic nitrogens is 2. The fraction of sp³-hybridized carbons (Fsp3) is 0.245.